The van der Waals surface area contributed by atoms with Crippen molar-refractivity contribution in [3.05, 3.63) is 52.6 Å². The molecule has 1 unspecified atom stereocenters. The van der Waals surface area contributed by atoms with E-state index in [-0.39, 0.29) is 30.1 Å². The average Bonchev–Trinajstić information content (AvgIpc) is 3.22. The summed E-state index contributed by atoms with van der Waals surface area (Å²) in [5.74, 6) is -0.280. The summed E-state index contributed by atoms with van der Waals surface area (Å²) in [5, 5.41) is 1.57. The minimum absolute atomic E-state index is 0.123. The van der Waals surface area contributed by atoms with Gasteiger partial charge in [0.1, 0.15) is 43.2 Å². The molecule has 3 amide bonds. The molecule has 0 aliphatic carbocycles. The third kappa shape index (κ3) is 5.09. The molecule has 2 aromatic carbocycles. The van der Waals surface area contributed by atoms with Gasteiger partial charge in [0.25, 0.3) is 5.91 Å². The summed E-state index contributed by atoms with van der Waals surface area (Å²) >= 11 is 0. The third-order valence-corrected chi connectivity index (χ3v) is 8.58. The number of piperidine rings is 1. The number of fused-ring (bicyclic) bond motifs is 1. The Balaban J connectivity index is 1.41. The molecule has 1 N–H and O–H groups in total. The maximum absolute atomic E-state index is 13.3. The van der Waals surface area contributed by atoms with Crippen LogP contribution in [-0.4, -0.2) is 107 Å². The molecule has 0 radical (unpaired) electrons. The molecule has 2 saturated heterocycles. The molecule has 5 rings (SSSR count). The van der Waals surface area contributed by atoms with Gasteiger partial charge in [-0.2, -0.15) is 0 Å². The number of morpholine rings is 1. The van der Waals surface area contributed by atoms with Crippen molar-refractivity contribution in [2.24, 2.45) is 0 Å². The van der Waals surface area contributed by atoms with Gasteiger partial charge in [0.2, 0.25) is 11.8 Å². The van der Waals surface area contributed by atoms with Gasteiger partial charge in [-0.15, -0.1) is 0 Å². The minimum Gasteiger partial charge on any atom is -0.501 e. The van der Waals surface area contributed by atoms with Crippen LogP contribution in [0, 0.1) is 0 Å². The first-order valence-electron chi connectivity index (χ1n) is 13.8. The van der Waals surface area contributed by atoms with E-state index >= 15 is 0 Å². The van der Waals surface area contributed by atoms with Gasteiger partial charge >= 0.3 is 0 Å². The average molecular weight is 520 g/mol. The lowest BCUT2D eigenvalue weighted by atomic mass is 9.52. The molecule has 3 aliphatic rings. The first kappa shape index (κ1) is 27.7. The SMILES string of the molecule is Bc1cc(C(B)(B)N2CCOCC2)c(B)cc1C(B)(B)Oc1cccc2c1CN(C1CCC(=O)NC1=O)C2=O. The molecule has 0 saturated carbocycles. The molecule has 0 bridgehead atoms. The number of hydrogen-bond acceptors (Lipinski definition) is 6. The molecule has 39 heavy (non-hydrogen) atoms. The second-order valence-electron chi connectivity index (χ2n) is 11.9. The molecule has 2 fully saturated rings. The van der Waals surface area contributed by atoms with Crippen molar-refractivity contribution in [3.63, 3.8) is 0 Å². The summed E-state index contributed by atoms with van der Waals surface area (Å²) in [4.78, 5) is 41.4. The molecule has 8 nitrogen and oxygen atoms in total. The number of ether oxygens (including phenoxy) is 2. The maximum atomic E-state index is 13.3. The largest absolute Gasteiger partial charge is 0.501 e. The monoisotopic (exact) mass is 521 g/mol. The summed E-state index contributed by atoms with van der Waals surface area (Å²) in [6, 6.07) is 9.35. The Morgan fingerprint density at radius 2 is 1.64 bits per heavy atom. The highest BCUT2D eigenvalue weighted by atomic mass is 16.5. The Kier molecular flexibility index (Phi) is 7.31. The third-order valence-electron chi connectivity index (χ3n) is 8.58. The van der Waals surface area contributed by atoms with Crippen LogP contribution in [0.4, 0.5) is 0 Å². The molecular weight excluding hydrogens is 487 g/mol. The second kappa shape index (κ2) is 10.3. The zero-order valence-corrected chi connectivity index (χ0v) is 23.8. The number of rotatable bonds is 6. The van der Waals surface area contributed by atoms with Gasteiger partial charge in [-0.05, 0) is 29.5 Å². The quantitative estimate of drug-likeness (QED) is 0.302. The van der Waals surface area contributed by atoms with Crippen molar-refractivity contribution in [1.29, 1.82) is 0 Å². The Bertz CT molecular complexity index is 1350. The Hall–Kier alpha value is -2.84. The lowest BCUT2D eigenvalue weighted by Crippen LogP contribution is -2.55. The fourth-order valence-electron chi connectivity index (χ4n) is 6.40. The van der Waals surface area contributed by atoms with Crippen LogP contribution in [-0.2, 0) is 31.6 Å². The van der Waals surface area contributed by atoms with Crippen molar-refractivity contribution in [1.82, 2.24) is 15.1 Å². The maximum Gasteiger partial charge on any atom is 0.255 e. The van der Waals surface area contributed by atoms with E-state index in [1.165, 1.54) is 11.0 Å². The highest BCUT2D eigenvalue weighted by molar-refractivity contribution is 6.46. The zero-order valence-electron chi connectivity index (χ0n) is 23.8. The van der Waals surface area contributed by atoms with Crippen molar-refractivity contribution >= 4 is 75.7 Å². The van der Waals surface area contributed by atoms with Crippen LogP contribution < -0.4 is 21.0 Å². The van der Waals surface area contributed by atoms with Gasteiger partial charge < -0.3 is 19.3 Å². The second-order valence-corrected chi connectivity index (χ2v) is 11.9. The molecule has 3 aliphatic heterocycles. The Morgan fingerprint density at radius 3 is 2.33 bits per heavy atom. The first-order chi connectivity index (χ1) is 18.4. The van der Waals surface area contributed by atoms with E-state index in [0.29, 0.717) is 17.7 Å². The van der Waals surface area contributed by atoms with Gasteiger partial charge in [-0.1, -0.05) is 34.7 Å². The number of nitrogens with zero attached hydrogens (tertiary/aromatic N) is 2. The summed E-state index contributed by atoms with van der Waals surface area (Å²) < 4.78 is 12.3. The summed E-state index contributed by atoms with van der Waals surface area (Å²) in [5.41, 5.74) is 6.07. The number of hydrogen-bond donors (Lipinski definition) is 1. The summed E-state index contributed by atoms with van der Waals surface area (Å²) in [7, 11) is 12.9. The molecule has 2 aromatic rings. The highest BCUT2D eigenvalue weighted by Crippen LogP contribution is 2.36. The van der Waals surface area contributed by atoms with Crippen LogP contribution in [0.1, 0.15) is 39.9 Å². The predicted molar refractivity (Wildman–Crippen MR) is 166 cm³/mol. The van der Waals surface area contributed by atoms with Crippen molar-refractivity contribution in [2.75, 3.05) is 26.3 Å². The van der Waals surface area contributed by atoms with E-state index in [2.05, 4.69) is 69.4 Å². The Labute approximate surface area is 235 Å². The van der Waals surface area contributed by atoms with Crippen LogP contribution in [0.15, 0.2) is 30.3 Å². The smallest absolute Gasteiger partial charge is 0.255 e. The normalized spacial score (nSPS) is 20.6. The highest BCUT2D eigenvalue weighted by Gasteiger charge is 2.41. The van der Waals surface area contributed by atoms with Gasteiger partial charge in [0, 0.05) is 30.6 Å². The lowest BCUT2D eigenvalue weighted by molar-refractivity contribution is -0.136. The van der Waals surface area contributed by atoms with Gasteiger partial charge in [0.15, 0.2) is 15.7 Å². The van der Waals surface area contributed by atoms with Crippen LogP contribution in [0.25, 0.3) is 0 Å². The Morgan fingerprint density at radius 1 is 0.974 bits per heavy atom. The van der Waals surface area contributed by atoms with E-state index in [0.717, 1.165) is 42.9 Å². The van der Waals surface area contributed by atoms with Crippen molar-refractivity contribution in [2.45, 2.75) is 36.2 Å². The van der Waals surface area contributed by atoms with Gasteiger partial charge in [0.05, 0.1) is 25.2 Å². The standard InChI is InChI=1S/C25H33B6N3O5/c26-17-11-16(18(27)10-15(17)24(28,29)33-6-8-38-9-7-33)25(30,31)39-20-3-1-2-13-14(20)12-34(23(13)37)19-4-5-21(35)32-22(19)36/h1-3,10-11,19H,4-9,12,26-31H2,(H,32,35,36). The fraction of sp³-hybridized carbons (Fsp3) is 0.400. The molecule has 0 spiro atoms. The molecule has 196 valence electrons. The van der Waals surface area contributed by atoms with E-state index in [1.54, 1.807) is 11.0 Å². The van der Waals surface area contributed by atoms with Gasteiger partial charge in [-0.25, -0.2) is 0 Å². The number of nitrogens with one attached hydrogen (secondary N) is 1. The van der Waals surface area contributed by atoms with Crippen LogP contribution >= 0.6 is 0 Å². The van der Waals surface area contributed by atoms with Crippen LogP contribution in [0.2, 0.25) is 0 Å². The molecule has 1 atom stereocenters. The zero-order chi connectivity index (χ0) is 28.1. The molecular formula is C25H33B6N3O5. The van der Waals surface area contributed by atoms with E-state index in [4.69, 9.17) is 9.47 Å². The first-order valence-corrected chi connectivity index (χ1v) is 13.8. The molecule has 0 aromatic heterocycles. The minimum atomic E-state index is -0.670. The topological polar surface area (TPSA) is 88.2 Å². The van der Waals surface area contributed by atoms with Crippen LogP contribution in [0.3, 0.4) is 0 Å². The van der Waals surface area contributed by atoms with E-state index in [9.17, 15) is 14.4 Å². The van der Waals surface area contributed by atoms with Crippen LogP contribution in [0.5, 0.6) is 5.75 Å². The lowest BCUT2D eigenvalue weighted by Gasteiger charge is -2.43. The number of amides is 3. The summed E-state index contributed by atoms with van der Waals surface area (Å²) in [6.45, 7) is 3.61. The van der Waals surface area contributed by atoms with Crippen molar-refractivity contribution < 1.29 is 23.9 Å². The van der Waals surface area contributed by atoms with Gasteiger partial charge in [-0.3, -0.25) is 19.7 Å². The number of carbonyl (C=O) groups excluding carboxylic acids is 3. The number of imide groups is 1. The van der Waals surface area contributed by atoms with Crippen molar-refractivity contribution in [3.8, 4) is 5.75 Å². The van der Waals surface area contributed by atoms with E-state index in [1.807, 2.05) is 12.1 Å². The van der Waals surface area contributed by atoms with E-state index < -0.39 is 17.3 Å². The predicted octanol–water partition coefficient (Wildman–Crippen LogP) is -5.87. The summed E-state index contributed by atoms with van der Waals surface area (Å²) in [6.07, 6.45) is 0.557. The fourth-order valence-corrected chi connectivity index (χ4v) is 6.40. The number of carbonyl (C=O) groups is 3. The number of benzene rings is 2. The molecule has 3 heterocycles. The molecule has 14 heteroatoms.